The summed E-state index contributed by atoms with van der Waals surface area (Å²) in [5.41, 5.74) is 3.01. The van der Waals surface area contributed by atoms with Crippen molar-refractivity contribution in [3.63, 3.8) is 0 Å². The Morgan fingerprint density at radius 1 is 1.29 bits per heavy atom. The fourth-order valence-electron chi connectivity index (χ4n) is 3.26. The largest absolute Gasteiger partial charge is 0.481 e. The molecule has 0 saturated heterocycles. The van der Waals surface area contributed by atoms with Gasteiger partial charge in [0.15, 0.2) is 5.69 Å². The number of carboxylic acids is 1. The van der Waals surface area contributed by atoms with Gasteiger partial charge in [0.25, 0.3) is 5.91 Å². The Labute approximate surface area is 140 Å². The highest BCUT2D eigenvalue weighted by molar-refractivity contribution is 5.93. The van der Waals surface area contributed by atoms with Crippen molar-refractivity contribution in [3.8, 4) is 0 Å². The van der Waals surface area contributed by atoms with Gasteiger partial charge in [-0.05, 0) is 23.1 Å². The number of carbonyl (C=O) groups excluding carboxylic acids is 1. The molecule has 0 saturated carbocycles. The maximum atomic E-state index is 12.8. The van der Waals surface area contributed by atoms with E-state index >= 15 is 0 Å². The molecule has 0 radical (unpaired) electrons. The van der Waals surface area contributed by atoms with E-state index < -0.39 is 11.9 Å². The van der Waals surface area contributed by atoms with Gasteiger partial charge in [0.05, 0.1) is 5.92 Å². The van der Waals surface area contributed by atoms with Gasteiger partial charge in [0.2, 0.25) is 0 Å². The molecule has 0 aliphatic carbocycles. The van der Waals surface area contributed by atoms with Crippen LogP contribution in [0.1, 0.15) is 53.0 Å². The summed E-state index contributed by atoms with van der Waals surface area (Å²) in [6, 6.07) is 9.20. The van der Waals surface area contributed by atoms with Crippen LogP contribution in [-0.2, 0) is 18.4 Å². The third-order valence-electron chi connectivity index (χ3n) is 4.51. The number of hydrogen-bond acceptors (Lipinski definition) is 3. The lowest BCUT2D eigenvalue weighted by Crippen LogP contribution is -2.40. The quantitative estimate of drug-likeness (QED) is 0.939. The zero-order chi connectivity index (χ0) is 17.4. The lowest BCUT2D eigenvalue weighted by atomic mass is 9.89. The standard InChI is InChI=1S/C18H21N3O3/c1-11(2)16-8-15(19-20(16)3)17(22)21-9-12-6-4-5-7-13(12)14(10-21)18(23)24/h4-8,11,14H,9-10H2,1-3H3,(H,23,24). The van der Waals surface area contributed by atoms with Crippen molar-refractivity contribution in [1.82, 2.24) is 14.7 Å². The number of hydrogen-bond donors (Lipinski definition) is 1. The van der Waals surface area contributed by atoms with Gasteiger partial charge in [0.1, 0.15) is 0 Å². The Hall–Kier alpha value is -2.63. The van der Waals surface area contributed by atoms with E-state index in [-0.39, 0.29) is 18.4 Å². The number of rotatable bonds is 3. The van der Waals surface area contributed by atoms with Crippen LogP contribution < -0.4 is 0 Å². The molecule has 2 heterocycles. The van der Waals surface area contributed by atoms with Gasteiger partial charge in [0, 0.05) is 25.8 Å². The number of aliphatic carboxylic acids is 1. The molecule has 2 aromatic rings. The maximum absolute atomic E-state index is 12.8. The molecule has 0 fully saturated rings. The summed E-state index contributed by atoms with van der Waals surface area (Å²) in [7, 11) is 1.82. The van der Waals surface area contributed by atoms with Crippen LogP contribution >= 0.6 is 0 Å². The summed E-state index contributed by atoms with van der Waals surface area (Å²) < 4.78 is 1.71. The predicted molar refractivity (Wildman–Crippen MR) is 88.9 cm³/mol. The van der Waals surface area contributed by atoms with Gasteiger partial charge in [-0.25, -0.2) is 0 Å². The first-order chi connectivity index (χ1) is 11.4. The molecule has 1 aromatic carbocycles. The number of aryl methyl sites for hydroxylation is 1. The predicted octanol–water partition coefficient (Wildman–Crippen LogP) is 2.37. The number of aromatic nitrogens is 2. The summed E-state index contributed by atoms with van der Waals surface area (Å²) in [6.45, 7) is 4.66. The molecule has 1 aromatic heterocycles. The van der Waals surface area contributed by atoms with Crippen LogP contribution in [-0.4, -0.2) is 38.2 Å². The highest BCUT2D eigenvalue weighted by Gasteiger charge is 2.33. The average Bonchev–Trinajstić information content (AvgIpc) is 2.95. The lowest BCUT2D eigenvalue weighted by Gasteiger charge is -2.32. The minimum absolute atomic E-state index is 0.165. The minimum atomic E-state index is -0.913. The molecule has 3 rings (SSSR count). The number of fused-ring (bicyclic) bond motifs is 1. The molecule has 1 atom stereocenters. The zero-order valence-electron chi connectivity index (χ0n) is 14.1. The minimum Gasteiger partial charge on any atom is -0.481 e. The van der Waals surface area contributed by atoms with Crippen LogP contribution in [0.15, 0.2) is 30.3 Å². The molecule has 0 spiro atoms. The van der Waals surface area contributed by atoms with Gasteiger partial charge in [-0.3, -0.25) is 14.3 Å². The Morgan fingerprint density at radius 3 is 2.62 bits per heavy atom. The van der Waals surface area contributed by atoms with E-state index in [2.05, 4.69) is 5.10 Å². The molecule has 0 bridgehead atoms. The van der Waals surface area contributed by atoms with Crippen molar-refractivity contribution in [2.75, 3.05) is 6.54 Å². The third-order valence-corrected chi connectivity index (χ3v) is 4.51. The van der Waals surface area contributed by atoms with Crippen LogP contribution in [0.3, 0.4) is 0 Å². The van der Waals surface area contributed by atoms with Crippen molar-refractivity contribution in [3.05, 3.63) is 52.8 Å². The second kappa shape index (κ2) is 6.11. The monoisotopic (exact) mass is 327 g/mol. The molecule has 1 unspecified atom stereocenters. The van der Waals surface area contributed by atoms with Crippen LogP contribution in [0.4, 0.5) is 0 Å². The summed E-state index contributed by atoms with van der Waals surface area (Å²) in [4.78, 5) is 26.0. The number of carbonyl (C=O) groups is 2. The highest BCUT2D eigenvalue weighted by atomic mass is 16.4. The topological polar surface area (TPSA) is 75.4 Å². The Balaban J connectivity index is 1.92. The van der Waals surface area contributed by atoms with Crippen molar-refractivity contribution < 1.29 is 14.7 Å². The van der Waals surface area contributed by atoms with E-state index in [0.29, 0.717) is 12.2 Å². The SMILES string of the molecule is CC(C)c1cc(C(=O)N2Cc3ccccc3C(C(=O)O)C2)nn1C. The summed E-state index contributed by atoms with van der Waals surface area (Å²) >= 11 is 0. The van der Waals surface area contributed by atoms with E-state index in [1.165, 1.54) is 0 Å². The fraction of sp³-hybridized carbons (Fsp3) is 0.389. The Bertz CT molecular complexity index is 795. The number of carboxylic acid groups (broad SMARTS) is 1. The van der Waals surface area contributed by atoms with Crippen LogP contribution in [0, 0.1) is 0 Å². The first kappa shape index (κ1) is 16.2. The normalized spacial score (nSPS) is 17.0. The lowest BCUT2D eigenvalue weighted by molar-refractivity contribution is -0.139. The van der Waals surface area contributed by atoms with E-state index in [4.69, 9.17) is 0 Å². The molecule has 1 aliphatic rings. The van der Waals surface area contributed by atoms with Gasteiger partial charge in [-0.2, -0.15) is 5.10 Å². The summed E-state index contributed by atoms with van der Waals surface area (Å²) in [6.07, 6.45) is 0. The molecule has 1 aliphatic heterocycles. The molecule has 6 heteroatoms. The molecule has 6 nitrogen and oxygen atoms in total. The number of benzene rings is 1. The smallest absolute Gasteiger partial charge is 0.312 e. The molecule has 1 N–H and O–H groups in total. The van der Waals surface area contributed by atoms with Crippen LogP contribution in [0.2, 0.25) is 0 Å². The zero-order valence-corrected chi connectivity index (χ0v) is 14.1. The van der Waals surface area contributed by atoms with Crippen molar-refractivity contribution in [1.29, 1.82) is 0 Å². The molecule has 24 heavy (non-hydrogen) atoms. The summed E-state index contributed by atoms with van der Waals surface area (Å²) in [5, 5.41) is 13.8. The third kappa shape index (κ3) is 2.79. The Kier molecular flexibility index (Phi) is 4.13. The van der Waals surface area contributed by atoms with Gasteiger partial charge in [-0.15, -0.1) is 0 Å². The van der Waals surface area contributed by atoms with Gasteiger partial charge in [-0.1, -0.05) is 38.1 Å². The van der Waals surface area contributed by atoms with Crippen LogP contribution in [0.5, 0.6) is 0 Å². The Morgan fingerprint density at radius 2 is 2.00 bits per heavy atom. The maximum Gasteiger partial charge on any atom is 0.312 e. The van der Waals surface area contributed by atoms with E-state index in [1.54, 1.807) is 15.6 Å². The van der Waals surface area contributed by atoms with E-state index in [0.717, 1.165) is 16.8 Å². The average molecular weight is 327 g/mol. The van der Waals surface area contributed by atoms with Gasteiger partial charge < -0.3 is 10.0 Å². The molecule has 1 amide bonds. The van der Waals surface area contributed by atoms with E-state index in [9.17, 15) is 14.7 Å². The van der Waals surface area contributed by atoms with Crippen LogP contribution in [0.25, 0.3) is 0 Å². The molecular weight excluding hydrogens is 306 g/mol. The van der Waals surface area contributed by atoms with Gasteiger partial charge >= 0.3 is 5.97 Å². The highest BCUT2D eigenvalue weighted by Crippen LogP contribution is 2.29. The summed E-state index contributed by atoms with van der Waals surface area (Å²) in [5.74, 6) is -1.58. The van der Waals surface area contributed by atoms with Crippen molar-refractivity contribution in [2.24, 2.45) is 7.05 Å². The number of amides is 1. The number of nitrogens with zero attached hydrogens (tertiary/aromatic N) is 3. The molecular formula is C18H21N3O3. The van der Waals surface area contributed by atoms with E-state index in [1.807, 2.05) is 45.2 Å². The van der Waals surface area contributed by atoms with Crippen molar-refractivity contribution in [2.45, 2.75) is 32.2 Å². The second-order valence-corrected chi connectivity index (χ2v) is 6.51. The first-order valence-electron chi connectivity index (χ1n) is 8.02. The second-order valence-electron chi connectivity index (χ2n) is 6.51. The van der Waals surface area contributed by atoms with Crippen molar-refractivity contribution >= 4 is 11.9 Å². The molecule has 126 valence electrons. The first-order valence-corrected chi connectivity index (χ1v) is 8.02. The fourth-order valence-corrected chi connectivity index (χ4v) is 3.26.